The van der Waals surface area contributed by atoms with Gasteiger partial charge in [-0.1, -0.05) is 53.7 Å². The summed E-state index contributed by atoms with van der Waals surface area (Å²) < 4.78 is 0. The number of phenolic OH excluding ortho intramolecular Hbond substituents is 1. The van der Waals surface area contributed by atoms with Crippen molar-refractivity contribution in [2.75, 3.05) is 6.54 Å². The maximum atomic E-state index is 10.6. The highest BCUT2D eigenvalue weighted by Crippen LogP contribution is 2.40. The van der Waals surface area contributed by atoms with Crippen LogP contribution in [0.2, 0.25) is 0 Å². The first kappa shape index (κ1) is 20.2. The van der Waals surface area contributed by atoms with E-state index in [9.17, 15) is 5.11 Å². The van der Waals surface area contributed by atoms with E-state index < -0.39 is 0 Å². The molecule has 0 heterocycles. The molecule has 3 nitrogen and oxygen atoms in total. The van der Waals surface area contributed by atoms with Crippen LogP contribution in [0.3, 0.4) is 0 Å². The molecule has 0 saturated carbocycles. The van der Waals surface area contributed by atoms with E-state index in [4.69, 9.17) is 11.5 Å². The Hall–Kier alpha value is -0.770. The van der Waals surface area contributed by atoms with E-state index in [1.54, 1.807) is 0 Å². The third kappa shape index (κ3) is 4.87. The summed E-state index contributed by atoms with van der Waals surface area (Å²) in [4.78, 5) is 0. The van der Waals surface area contributed by atoms with Gasteiger partial charge in [0.15, 0.2) is 0 Å². The van der Waals surface area contributed by atoms with Crippen molar-refractivity contribution in [1.29, 1.82) is 0 Å². The lowest BCUT2D eigenvalue weighted by molar-refractivity contribution is 0.422. The minimum Gasteiger partial charge on any atom is -0.507 e. The fourth-order valence-corrected chi connectivity index (χ4v) is 2.36. The topological polar surface area (TPSA) is 72.3 Å². The highest BCUT2D eigenvalue weighted by atomic mass is 35.5. The Morgan fingerprint density at radius 3 is 1.67 bits per heavy atom. The lowest BCUT2D eigenvalue weighted by atomic mass is 9.77. The minimum absolute atomic E-state index is 0. The number of hydrogen-bond acceptors (Lipinski definition) is 3. The molecule has 122 valence electrons. The average Bonchev–Trinajstić information content (AvgIpc) is 2.26. The normalized spacial score (nSPS) is 13.7. The summed E-state index contributed by atoms with van der Waals surface area (Å²) in [6.07, 6.45) is 0.748. The Bertz CT molecular complexity index is 438. The zero-order chi connectivity index (χ0) is 15.7. The van der Waals surface area contributed by atoms with Crippen molar-refractivity contribution in [3.05, 3.63) is 28.8 Å². The Labute approximate surface area is 135 Å². The molecule has 0 radical (unpaired) electrons. The van der Waals surface area contributed by atoms with E-state index >= 15 is 0 Å². The standard InChI is InChI=1S/C17H30N2O.ClH/c1-16(2,3)12-9-11(14(19)7-8-18)10-13(15(12)20)17(4,5)6;/h9-10,14,20H,7-8,18-19H2,1-6H3;1H/t14-;/m0./s1. The lowest BCUT2D eigenvalue weighted by Crippen LogP contribution is -2.21. The average molecular weight is 315 g/mol. The van der Waals surface area contributed by atoms with Crippen molar-refractivity contribution in [3.8, 4) is 5.75 Å². The molecule has 0 aromatic heterocycles. The molecule has 0 aliphatic rings. The Morgan fingerprint density at radius 2 is 1.38 bits per heavy atom. The van der Waals surface area contributed by atoms with Gasteiger partial charge < -0.3 is 16.6 Å². The summed E-state index contributed by atoms with van der Waals surface area (Å²) in [5.74, 6) is 0.397. The summed E-state index contributed by atoms with van der Waals surface area (Å²) in [6, 6.07) is 3.98. The molecule has 0 bridgehead atoms. The highest BCUT2D eigenvalue weighted by molar-refractivity contribution is 5.85. The van der Waals surface area contributed by atoms with Crippen LogP contribution in [0.25, 0.3) is 0 Å². The van der Waals surface area contributed by atoms with Crippen molar-refractivity contribution >= 4 is 12.4 Å². The van der Waals surface area contributed by atoms with Crippen molar-refractivity contribution < 1.29 is 5.11 Å². The number of hydrogen-bond donors (Lipinski definition) is 3. The third-order valence-electron chi connectivity index (χ3n) is 3.65. The third-order valence-corrected chi connectivity index (χ3v) is 3.65. The van der Waals surface area contributed by atoms with Gasteiger partial charge in [0.2, 0.25) is 0 Å². The predicted octanol–water partition coefficient (Wildman–Crippen LogP) is 3.76. The van der Waals surface area contributed by atoms with Gasteiger partial charge in [0, 0.05) is 6.04 Å². The largest absolute Gasteiger partial charge is 0.507 e. The molecule has 21 heavy (non-hydrogen) atoms. The molecule has 1 aromatic carbocycles. The molecule has 0 aliphatic heterocycles. The van der Waals surface area contributed by atoms with Crippen LogP contribution < -0.4 is 11.5 Å². The van der Waals surface area contributed by atoms with Gasteiger partial charge in [0.1, 0.15) is 5.75 Å². The molecule has 0 amide bonds. The molecule has 0 saturated heterocycles. The van der Waals surface area contributed by atoms with Crippen LogP contribution in [0.1, 0.15) is 70.7 Å². The second-order valence-corrected chi connectivity index (χ2v) is 7.65. The SMILES string of the molecule is CC(C)(C)c1cc([C@@H](N)CCN)cc(C(C)(C)C)c1O.Cl. The van der Waals surface area contributed by atoms with Crippen LogP contribution in [0.5, 0.6) is 5.75 Å². The van der Waals surface area contributed by atoms with E-state index in [0.29, 0.717) is 12.3 Å². The number of halogens is 1. The second kappa shape index (κ2) is 6.99. The fraction of sp³-hybridized carbons (Fsp3) is 0.647. The maximum absolute atomic E-state index is 10.6. The van der Waals surface area contributed by atoms with Gasteiger partial charge >= 0.3 is 0 Å². The van der Waals surface area contributed by atoms with Crippen molar-refractivity contribution in [1.82, 2.24) is 0 Å². The zero-order valence-electron chi connectivity index (χ0n) is 14.2. The number of rotatable bonds is 3. The zero-order valence-corrected chi connectivity index (χ0v) is 15.0. The molecular formula is C17H31ClN2O. The van der Waals surface area contributed by atoms with E-state index in [2.05, 4.69) is 41.5 Å². The van der Waals surface area contributed by atoms with Crippen molar-refractivity contribution in [2.24, 2.45) is 11.5 Å². The van der Waals surface area contributed by atoms with Crippen molar-refractivity contribution in [2.45, 2.75) is 64.8 Å². The molecule has 1 rings (SSSR count). The monoisotopic (exact) mass is 314 g/mol. The van der Waals surface area contributed by atoms with Crippen LogP contribution in [0.15, 0.2) is 12.1 Å². The molecule has 5 N–H and O–H groups in total. The fourth-order valence-electron chi connectivity index (χ4n) is 2.36. The van der Waals surface area contributed by atoms with Gasteiger partial charge in [0.05, 0.1) is 0 Å². The first-order chi connectivity index (χ1) is 8.98. The number of benzene rings is 1. The molecule has 1 atom stereocenters. The van der Waals surface area contributed by atoms with Gasteiger partial charge in [-0.25, -0.2) is 0 Å². The van der Waals surface area contributed by atoms with Crippen LogP contribution >= 0.6 is 12.4 Å². The smallest absolute Gasteiger partial charge is 0.123 e. The summed E-state index contributed by atoms with van der Waals surface area (Å²) in [7, 11) is 0. The molecule has 0 unspecified atom stereocenters. The Morgan fingerprint density at radius 1 is 1.00 bits per heavy atom. The molecular weight excluding hydrogens is 284 g/mol. The Balaban J connectivity index is 0.00000400. The first-order valence-corrected chi connectivity index (χ1v) is 7.32. The van der Waals surface area contributed by atoms with E-state index in [0.717, 1.165) is 23.1 Å². The van der Waals surface area contributed by atoms with Crippen LogP contribution in [0, 0.1) is 0 Å². The second-order valence-electron chi connectivity index (χ2n) is 7.65. The molecule has 0 fully saturated rings. The molecule has 4 heteroatoms. The number of phenols is 1. The van der Waals surface area contributed by atoms with Crippen LogP contribution in [-0.2, 0) is 10.8 Å². The number of aromatic hydroxyl groups is 1. The quantitative estimate of drug-likeness (QED) is 0.795. The predicted molar refractivity (Wildman–Crippen MR) is 93.4 cm³/mol. The van der Waals surface area contributed by atoms with Gasteiger partial charge in [-0.3, -0.25) is 0 Å². The maximum Gasteiger partial charge on any atom is 0.123 e. The van der Waals surface area contributed by atoms with Gasteiger partial charge in [-0.15, -0.1) is 12.4 Å². The summed E-state index contributed by atoms with van der Waals surface area (Å²) in [6.45, 7) is 13.2. The summed E-state index contributed by atoms with van der Waals surface area (Å²) >= 11 is 0. The Kier molecular flexibility index (Phi) is 6.74. The van der Waals surface area contributed by atoms with Gasteiger partial charge in [0.25, 0.3) is 0 Å². The van der Waals surface area contributed by atoms with E-state index in [1.165, 1.54) is 0 Å². The van der Waals surface area contributed by atoms with Gasteiger partial charge in [-0.05, 0) is 40.5 Å². The highest BCUT2D eigenvalue weighted by Gasteiger charge is 2.27. The minimum atomic E-state index is -0.122. The van der Waals surface area contributed by atoms with Gasteiger partial charge in [-0.2, -0.15) is 0 Å². The lowest BCUT2D eigenvalue weighted by Gasteiger charge is -2.29. The molecule has 0 aliphatic carbocycles. The van der Waals surface area contributed by atoms with E-state index in [1.807, 2.05) is 12.1 Å². The summed E-state index contributed by atoms with van der Waals surface area (Å²) in [5.41, 5.74) is 14.5. The van der Waals surface area contributed by atoms with Crippen molar-refractivity contribution in [3.63, 3.8) is 0 Å². The number of nitrogens with two attached hydrogens (primary N) is 2. The van der Waals surface area contributed by atoms with Crippen LogP contribution in [0.4, 0.5) is 0 Å². The molecule has 0 spiro atoms. The molecule has 1 aromatic rings. The summed E-state index contributed by atoms with van der Waals surface area (Å²) in [5, 5.41) is 10.6. The first-order valence-electron chi connectivity index (χ1n) is 7.32. The van der Waals surface area contributed by atoms with E-state index in [-0.39, 0.29) is 29.3 Å². The van der Waals surface area contributed by atoms with Crippen LogP contribution in [-0.4, -0.2) is 11.7 Å².